The van der Waals surface area contributed by atoms with Crippen LogP contribution in [0.25, 0.3) is 0 Å². The van der Waals surface area contributed by atoms with E-state index in [1.807, 2.05) is 20.8 Å². The monoisotopic (exact) mass is 352 g/mol. The van der Waals surface area contributed by atoms with Gasteiger partial charge in [0.25, 0.3) is 0 Å². The summed E-state index contributed by atoms with van der Waals surface area (Å²) in [6, 6.07) is 4.64. The lowest BCUT2D eigenvalue weighted by atomic mass is 9.95. The Bertz CT molecular complexity index is 602. The molecular formula is C18H25FN2O4. The second-order valence-electron chi connectivity index (χ2n) is 6.32. The van der Waals surface area contributed by atoms with Gasteiger partial charge in [-0.05, 0) is 36.5 Å². The second-order valence-corrected chi connectivity index (χ2v) is 6.32. The van der Waals surface area contributed by atoms with E-state index in [2.05, 4.69) is 10.6 Å². The third-order valence-corrected chi connectivity index (χ3v) is 3.76. The number of benzene rings is 1. The van der Waals surface area contributed by atoms with E-state index in [0.29, 0.717) is 18.4 Å². The number of amides is 2. The van der Waals surface area contributed by atoms with Crippen LogP contribution in [0.15, 0.2) is 24.3 Å². The van der Waals surface area contributed by atoms with Crippen LogP contribution in [0.5, 0.6) is 0 Å². The standard InChI is InChI=1S/C18H25FN2O4/c1-4-14(12-5-7-13(19)8-6-12)17(23)20-10-16(22)21-15(18(24)25)9-11(2)3/h5-8,11,14-15H,4,9-10H2,1-3H3,(H,20,23)(H,21,22)(H,24,25)/t14?,15-/m0/s1. The van der Waals surface area contributed by atoms with Crippen LogP contribution in [0, 0.1) is 11.7 Å². The number of carboxylic acids is 1. The van der Waals surface area contributed by atoms with Crippen molar-refractivity contribution in [1.82, 2.24) is 10.6 Å². The van der Waals surface area contributed by atoms with Gasteiger partial charge in [-0.1, -0.05) is 32.9 Å². The number of carbonyl (C=O) groups is 3. The number of halogens is 1. The molecule has 1 rings (SSSR count). The van der Waals surface area contributed by atoms with Gasteiger partial charge in [0.1, 0.15) is 11.9 Å². The van der Waals surface area contributed by atoms with Gasteiger partial charge in [0.2, 0.25) is 11.8 Å². The van der Waals surface area contributed by atoms with Crippen LogP contribution < -0.4 is 10.6 Å². The molecule has 0 radical (unpaired) electrons. The molecule has 0 saturated carbocycles. The Morgan fingerprint density at radius 2 is 1.76 bits per heavy atom. The summed E-state index contributed by atoms with van der Waals surface area (Å²) in [6.07, 6.45) is 0.798. The average Bonchev–Trinajstić information content (AvgIpc) is 2.54. The highest BCUT2D eigenvalue weighted by molar-refractivity contribution is 5.90. The predicted molar refractivity (Wildman–Crippen MR) is 91.5 cm³/mol. The molecule has 2 atom stereocenters. The Morgan fingerprint density at radius 3 is 2.24 bits per heavy atom. The minimum atomic E-state index is -1.11. The highest BCUT2D eigenvalue weighted by Gasteiger charge is 2.23. The lowest BCUT2D eigenvalue weighted by Gasteiger charge is -2.18. The van der Waals surface area contributed by atoms with E-state index in [9.17, 15) is 18.8 Å². The van der Waals surface area contributed by atoms with Gasteiger partial charge < -0.3 is 15.7 Å². The number of aliphatic carboxylic acids is 1. The van der Waals surface area contributed by atoms with Crippen LogP contribution in [0.1, 0.15) is 45.1 Å². The molecule has 0 aromatic heterocycles. The lowest BCUT2D eigenvalue weighted by molar-refractivity contribution is -0.142. The predicted octanol–water partition coefficient (Wildman–Crippen LogP) is 2.05. The van der Waals surface area contributed by atoms with E-state index in [-0.39, 0.29) is 24.2 Å². The maximum Gasteiger partial charge on any atom is 0.326 e. The van der Waals surface area contributed by atoms with Gasteiger partial charge in [0.05, 0.1) is 12.5 Å². The van der Waals surface area contributed by atoms with Crippen LogP contribution in [-0.2, 0) is 14.4 Å². The molecule has 25 heavy (non-hydrogen) atoms. The van der Waals surface area contributed by atoms with Crippen molar-refractivity contribution in [3.8, 4) is 0 Å². The van der Waals surface area contributed by atoms with Crippen LogP contribution in [0.4, 0.5) is 4.39 Å². The van der Waals surface area contributed by atoms with Crippen LogP contribution in [0.2, 0.25) is 0 Å². The van der Waals surface area contributed by atoms with Crippen molar-refractivity contribution in [1.29, 1.82) is 0 Å². The topological polar surface area (TPSA) is 95.5 Å². The number of carboxylic acid groups (broad SMARTS) is 1. The van der Waals surface area contributed by atoms with Gasteiger partial charge in [0, 0.05) is 0 Å². The molecule has 3 N–H and O–H groups in total. The molecule has 138 valence electrons. The number of carbonyl (C=O) groups excluding carboxylic acids is 2. The Balaban J connectivity index is 2.59. The maximum absolute atomic E-state index is 13.0. The Labute approximate surface area is 146 Å². The van der Waals surface area contributed by atoms with Crippen molar-refractivity contribution in [2.24, 2.45) is 5.92 Å². The highest BCUT2D eigenvalue weighted by Crippen LogP contribution is 2.19. The molecule has 0 aliphatic heterocycles. The summed E-state index contributed by atoms with van der Waals surface area (Å²) in [7, 11) is 0. The molecule has 0 aliphatic rings. The highest BCUT2D eigenvalue weighted by atomic mass is 19.1. The molecule has 0 spiro atoms. The largest absolute Gasteiger partial charge is 0.480 e. The summed E-state index contributed by atoms with van der Waals surface area (Å²) in [6.45, 7) is 5.23. The van der Waals surface area contributed by atoms with E-state index in [0.717, 1.165) is 0 Å². The maximum atomic E-state index is 13.0. The summed E-state index contributed by atoms with van der Waals surface area (Å²) in [4.78, 5) is 35.3. The third-order valence-electron chi connectivity index (χ3n) is 3.76. The number of nitrogens with one attached hydrogen (secondary N) is 2. The molecule has 7 heteroatoms. The van der Waals surface area contributed by atoms with Crippen molar-refractivity contribution in [3.63, 3.8) is 0 Å². The van der Waals surface area contributed by atoms with Crippen LogP contribution in [-0.4, -0.2) is 35.5 Å². The van der Waals surface area contributed by atoms with E-state index < -0.39 is 23.8 Å². The second kappa shape index (κ2) is 9.76. The van der Waals surface area contributed by atoms with Crippen LogP contribution in [0.3, 0.4) is 0 Å². The first-order chi connectivity index (χ1) is 11.7. The van der Waals surface area contributed by atoms with Crippen LogP contribution >= 0.6 is 0 Å². The zero-order valence-corrected chi connectivity index (χ0v) is 14.7. The Kier molecular flexibility index (Phi) is 8.04. The Hall–Kier alpha value is -2.44. The molecule has 1 aromatic rings. The molecule has 1 unspecified atom stereocenters. The van der Waals surface area contributed by atoms with Crippen molar-refractivity contribution >= 4 is 17.8 Å². The van der Waals surface area contributed by atoms with Gasteiger partial charge in [-0.2, -0.15) is 0 Å². The fourth-order valence-electron chi connectivity index (χ4n) is 2.50. The minimum Gasteiger partial charge on any atom is -0.480 e. The quantitative estimate of drug-likeness (QED) is 0.634. The average molecular weight is 352 g/mol. The summed E-state index contributed by atoms with van der Waals surface area (Å²) >= 11 is 0. The van der Waals surface area contributed by atoms with Gasteiger partial charge in [0.15, 0.2) is 0 Å². The summed E-state index contributed by atoms with van der Waals surface area (Å²) in [5.41, 5.74) is 0.657. The van der Waals surface area contributed by atoms with Crippen molar-refractivity contribution in [3.05, 3.63) is 35.6 Å². The molecule has 2 amide bonds. The first-order valence-corrected chi connectivity index (χ1v) is 8.29. The SMILES string of the molecule is CCC(C(=O)NCC(=O)N[C@@H](CC(C)C)C(=O)O)c1ccc(F)cc1. The third kappa shape index (κ3) is 6.91. The zero-order valence-electron chi connectivity index (χ0n) is 14.7. The smallest absolute Gasteiger partial charge is 0.326 e. The van der Waals surface area contributed by atoms with Gasteiger partial charge >= 0.3 is 5.97 Å². The number of rotatable bonds is 9. The van der Waals surface area contributed by atoms with E-state index >= 15 is 0 Å². The fraction of sp³-hybridized carbons (Fsp3) is 0.500. The van der Waals surface area contributed by atoms with E-state index in [1.165, 1.54) is 24.3 Å². The van der Waals surface area contributed by atoms with Gasteiger partial charge in [-0.3, -0.25) is 9.59 Å². The van der Waals surface area contributed by atoms with Gasteiger partial charge in [-0.25, -0.2) is 9.18 Å². The molecule has 6 nitrogen and oxygen atoms in total. The molecular weight excluding hydrogens is 327 g/mol. The Morgan fingerprint density at radius 1 is 1.16 bits per heavy atom. The van der Waals surface area contributed by atoms with E-state index in [4.69, 9.17) is 5.11 Å². The zero-order chi connectivity index (χ0) is 19.0. The lowest BCUT2D eigenvalue weighted by Crippen LogP contribution is -2.46. The summed E-state index contributed by atoms with van der Waals surface area (Å²) in [5.74, 6) is -2.80. The van der Waals surface area contributed by atoms with Crippen molar-refractivity contribution < 1.29 is 23.9 Å². The molecule has 0 fully saturated rings. The molecule has 0 saturated heterocycles. The molecule has 0 heterocycles. The first kappa shape index (κ1) is 20.6. The summed E-state index contributed by atoms with van der Waals surface area (Å²) < 4.78 is 13.0. The molecule has 0 aliphatic carbocycles. The minimum absolute atomic E-state index is 0.110. The fourth-order valence-corrected chi connectivity index (χ4v) is 2.50. The molecule has 0 bridgehead atoms. The van der Waals surface area contributed by atoms with Crippen molar-refractivity contribution in [2.75, 3.05) is 6.54 Å². The number of hydrogen-bond donors (Lipinski definition) is 3. The number of hydrogen-bond acceptors (Lipinski definition) is 3. The molecule has 1 aromatic carbocycles. The van der Waals surface area contributed by atoms with E-state index in [1.54, 1.807) is 0 Å². The first-order valence-electron chi connectivity index (χ1n) is 8.29. The normalized spacial score (nSPS) is 13.2. The van der Waals surface area contributed by atoms with Crippen molar-refractivity contribution in [2.45, 2.75) is 45.6 Å². The summed E-state index contributed by atoms with van der Waals surface area (Å²) in [5, 5.41) is 14.0. The van der Waals surface area contributed by atoms with Gasteiger partial charge in [-0.15, -0.1) is 0 Å².